The highest BCUT2D eigenvalue weighted by Crippen LogP contribution is 2.34. The molecule has 1 saturated heterocycles. The molecule has 0 aliphatic carbocycles. The summed E-state index contributed by atoms with van der Waals surface area (Å²) < 4.78 is 39.1. The lowest BCUT2D eigenvalue weighted by molar-refractivity contribution is -0.141. The van der Waals surface area contributed by atoms with Gasteiger partial charge in [-0.3, -0.25) is 19.2 Å². The molecular weight excluding hydrogens is 449 g/mol. The molecule has 1 aliphatic rings. The van der Waals surface area contributed by atoms with Gasteiger partial charge in [-0.25, -0.2) is 0 Å². The number of aldehydes is 1. The molecule has 1 fully saturated rings. The summed E-state index contributed by atoms with van der Waals surface area (Å²) in [6.45, 7) is 1.48. The van der Waals surface area contributed by atoms with Crippen LogP contribution < -0.4 is 16.4 Å². The van der Waals surface area contributed by atoms with Crippen molar-refractivity contribution in [2.75, 3.05) is 12.3 Å². The Morgan fingerprint density at radius 1 is 1.27 bits per heavy atom. The number of anilines is 1. The van der Waals surface area contributed by atoms with Crippen LogP contribution in [0, 0.1) is 0 Å². The zero-order valence-electron chi connectivity index (χ0n) is 17.5. The van der Waals surface area contributed by atoms with Crippen LogP contribution >= 0.6 is 0 Å². The number of hydrogen-bond acceptors (Lipinski definition) is 6. The molecule has 0 saturated carbocycles. The van der Waals surface area contributed by atoms with Gasteiger partial charge >= 0.3 is 12.1 Å². The summed E-state index contributed by atoms with van der Waals surface area (Å²) in [6, 6.07) is -0.828. The Hall–Kier alpha value is -3.64. The maximum Gasteiger partial charge on any atom is 0.418 e. The molecule has 13 heteroatoms. The minimum absolute atomic E-state index is 0.169. The van der Waals surface area contributed by atoms with Gasteiger partial charge in [0.1, 0.15) is 18.4 Å². The Bertz CT molecular complexity index is 952. The number of hydrogen-bond donors (Lipinski definition) is 4. The van der Waals surface area contributed by atoms with Crippen LogP contribution in [-0.4, -0.2) is 64.7 Å². The second kappa shape index (κ2) is 10.3. The first-order valence-corrected chi connectivity index (χ1v) is 9.90. The number of benzene rings is 1. The first-order chi connectivity index (χ1) is 15.3. The van der Waals surface area contributed by atoms with Crippen LogP contribution in [0.3, 0.4) is 0 Å². The van der Waals surface area contributed by atoms with Crippen LogP contribution in [0.5, 0.6) is 0 Å². The summed E-state index contributed by atoms with van der Waals surface area (Å²) in [6.07, 6.45) is -4.41. The van der Waals surface area contributed by atoms with E-state index in [0.29, 0.717) is 12.5 Å². The summed E-state index contributed by atoms with van der Waals surface area (Å²) in [5.41, 5.74) is 3.23. The van der Waals surface area contributed by atoms with Crippen LogP contribution in [0.2, 0.25) is 0 Å². The van der Waals surface area contributed by atoms with Gasteiger partial charge in [0.2, 0.25) is 11.8 Å². The fraction of sp³-hybridized carbons (Fsp3) is 0.450. The third-order valence-corrected chi connectivity index (χ3v) is 5.06. The maximum absolute atomic E-state index is 13.0. The van der Waals surface area contributed by atoms with E-state index >= 15 is 0 Å². The molecule has 0 spiro atoms. The van der Waals surface area contributed by atoms with Crippen molar-refractivity contribution in [2.45, 2.75) is 50.5 Å². The Kier molecular flexibility index (Phi) is 8.01. The molecule has 1 aliphatic heterocycles. The number of aliphatic carboxylic acids is 1. The molecular formula is C20H23F3N4O6. The van der Waals surface area contributed by atoms with E-state index in [4.69, 9.17) is 10.8 Å². The molecule has 33 heavy (non-hydrogen) atoms. The van der Waals surface area contributed by atoms with E-state index in [1.807, 2.05) is 0 Å². The fourth-order valence-corrected chi connectivity index (χ4v) is 3.44. The number of carbonyl (C=O) groups excluding carboxylic acids is 4. The van der Waals surface area contributed by atoms with Crippen LogP contribution in [0.25, 0.3) is 0 Å². The molecule has 180 valence electrons. The quantitative estimate of drug-likeness (QED) is 0.318. The van der Waals surface area contributed by atoms with Gasteiger partial charge in [0, 0.05) is 17.8 Å². The van der Waals surface area contributed by atoms with Crippen LogP contribution in [-0.2, 0) is 25.4 Å². The minimum Gasteiger partial charge on any atom is -0.481 e. The zero-order chi connectivity index (χ0) is 24.9. The Balaban J connectivity index is 2.08. The molecule has 0 radical (unpaired) electrons. The molecule has 3 amide bonds. The fourth-order valence-electron chi connectivity index (χ4n) is 3.44. The third kappa shape index (κ3) is 6.43. The average molecular weight is 472 g/mol. The van der Waals surface area contributed by atoms with Crippen molar-refractivity contribution in [1.29, 1.82) is 0 Å². The van der Waals surface area contributed by atoms with Crippen molar-refractivity contribution >= 4 is 35.7 Å². The van der Waals surface area contributed by atoms with Gasteiger partial charge in [-0.1, -0.05) is 0 Å². The standard InChI is InChI=1S/C20H23F3N4O6/c1-10(25-17(31)11-4-5-14(24)13(7-11)20(21,22)23)19(33)27-6-2-3-15(27)18(32)26-12(9-28)8-16(29)30/h4-5,7,9-10,12,15H,2-3,6,8,24H2,1H3,(H,25,31)(H,26,32)(H,29,30)/t10-,12-,15-/m0/s1. The molecule has 3 atom stereocenters. The molecule has 0 unspecified atom stereocenters. The first kappa shape index (κ1) is 25.6. The molecule has 1 aromatic rings. The van der Waals surface area contributed by atoms with Gasteiger partial charge in [0.05, 0.1) is 18.0 Å². The van der Waals surface area contributed by atoms with Crippen LogP contribution in [0.1, 0.15) is 42.1 Å². The number of halogens is 3. The lowest BCUT2D eigenvalue weighted by atomic mass is 10.1. The maximum atomic E-state index is 13.0. The molecule has 1 heterocycles. The number of likely N-dealkylation sites (tertiary alicyclic amines) is 1. The SMILES string of the molecule is C[C@H](NC(=O)c1ccc(N)c(C(F)(F)F)c1)C(=O)N1CCC[C@H]1C(=O)N[C@H](C=O)CC(=O)O. The van der Waals surface area contributed by atoms with Gasteiger partial charge in [-0.2, -0.15) is 13.2 Å². The minimum atomic E-state index is -4.77. The third-order valence-electron chi connectivity index (χ3n) is 5.06. The topological polar surface area (TPSA) is 159 Å². The van der Waals surface area contributed by atoms with Crippen molar-refractivity contribution < 1.29 is 42.3 Å². The predicted octanol–water partition coefficient (Wildman–Crippen LogP) is 0.555. The summed E-state index contributed by atoms with van der Waals surface area (Å²) in [5, 5.41) is 13.3. The van der Waals surface area contributed by atoms with Crippen molar-refractivity contribution in [2.24, 2.45) is 0 Å². The lowest BCUT2D eigenvalue weighted by Crippen LogP contribution is -2.54. The number of nitrogen functional groups attached to an aromatic ring is 1. The monoisotopic (exact) mass is 472 g/mol. The van der Waals surface area contributed by atoms with Gasteiger partial charge in [-0.15, -0.1) is 0 Å². The van der Waals surface area contributed by atoms with Crippen molar-refractivity contribution in [1.82, 2.24) is 15.5 Å². The van der Waals surface area contributed by atoms with Crippen molar-refractivity contribution in [3.8, 4) is 0 Å². The highest BCUT2D eigenvalue weighted by molar-refractivity contribution is 5.99. The van der Waals surface area contributed by atoms with Gasteiger partial charge in [-0.05, 0) is 38.0 Å². The van der Waals surface area contributed by atoms with Crippen LogP contribution in [0.15, 0.2) is 18.2 Å². The summed E-state index contributed by atoms with van der Waals surface area (Å²) in [4.78, 5) is 60.6. The summed E-state index contributed by atoms with van der Waals surface area (Å²) >= 11 is 0. The molecule has 5 N–H and O–H groups in total. The van der Waals surface area contributed by atoms with E-state index in [2.05, 4.69) is 10.6 Å². The number of nitrogens with one attached hydrogen (secondary N) is 2. The van der Waals surface area contributed by atoms with Gasteiger partial charge < -0.3 is 31.2 Å². The molecule has 0 bridgehead atoms. The zero-order valence-corrected chi connectivity index (χ0v) is 17.5. The second-order valence-electron chi connectivity index (χ2n) is 7.53. The molecule has 2 rings (SSSR count). The Morgan fingerprint density at radius 2 is 1.94 bits per heavy atom. The molecule has 10 nitrogen and oxygen atoms in total. The number of rotatable bonds is 8. The highest BCUT2D eigenvalue weighted by atomic mass is 19.4. The largest absolute Gasteiger partial charge is 0.481 e. The first-order valence-electron chi connectivity index (χ1n) is 9.90. The van der Waals surface area contributed by atoms with E-state index in [9.17, 15) is 37.1 Å². The van der Waals surface area contributed by atoms with Gasteiger partial charge in [0.25, 0.3) is 5.91 Å². The van der Waals surface area contributed by atoms with Crippen molar-refractivity contribution in [3.05, 3.63) is 29.3 Å². The molecule has 0 aromatic heterocycles. The van der Waals surface area contributed by atoms with E-state index in [-0.39, 0.29) is 24.8 Å². The number of nitrogens with two attached hydrogens (primary N) is 1. The predicted molar refractivity (Wildman–Crippen MR) is 108 cm³/mol. The number of alkyl halides is 3. The number of amides is 3. The van der Waals surface area contributed by atoms with Crippen LogP contribution in [0.4, 0.5) is 18.9 Å². The number of carbonyl (C=O) groups is 5. The Labute approximate surface area is 186 Å². The van der Waals surface area contributed by atoms with E-state index < -0.39 is 65.7 Å². The second-order valence-corrected chi connectivity index (χ2v) is 7.53. The average Bonchev–Trinajstić information content (AvgIpc) is 3.21. The normalized spacial score (nSPS) is 17.7. The summed E-state index contributed by atoms with van der Waals surface area (Å²) in [5.74, 6) is -3.61. The molecule has 1 aromatic carbocycles. The number of carboxylic acids is 1. The summed E-state index contributed by atoms with van der Waals surface area (Å²) in [7, 11) is 0. The van der Waals surface area contributed by atoms with Gasteiger partial charge in [0.15, 0.2) is 0 Å². The Morgan fingerprint density at radius 3 is 2.52 bits per heavy atom. The number of nitrogens with zero attached hydrogens (tertiary/aromatic N) is 1. The van der Waals surface area contributed by atoms with Crippen molar-refractivity contribution in [3.63, 3.8) is 0 Å². The van der Waals surface area contributed by atoms with E-state index in [1.54, 1.807) is 0 Å². The van der Waals surface area contributed by atoms with E-state index in [1.165, 1.54) is 11.8 Å². The number of carboxylic acid groups (broad SMARTS) is 1. The smallest absolute Gasteiger partial charge is 0.418 e. The van der Waals surface area contributed by atoms with E-state index in [0.717, 1.165) is 12.1 Å². The lowest BCUT2D eigenvalue weighted by Gasteiger charge is -2.28. The highest BCUT2D eigenvalue weighted by Gasteiger charge is 2.38.